The van der Waals surface area contributed by atoms with Gasteiger partial charge in [0.25, 0.3) is 10.0 Å². The molecule has 0 aliphatic carbocycles. The van der Waals surface area contributed by atoms with Gasteiger partial charge >= 0.3 is 0 Å². The number of nitrogens with two attached hydrogens (primary N) is 1. The molecule has 2 rings (SSSR count). The normalized spacial score (nSPS) is 11.3. The number of halogens is 2. The van der Waals surface area contributed by atoms with E-state index in [1.54, 1.807) is 31.2 Å². The summed E-state index contributed by atoms with van der Waals surface area (Å²) < 4.78 is 27.0. The number of hydrogen-bond acceptors (Lipinski definition) is 3. The minimum absolute atomic E-state index is 0.0611. The lowest BCUT2D eigenvalue weighted by Gasteiger charge is -2.12. The zero-order valence-electron chi connectivity index (χ0n) is 10.5. The minimum atomic E-state index is -3.80. The van der Waals surface area contributed by atoms with Crippen molar-refractivity contribution in [2.45, 2.75) is 11.8 Å². The molecule has 20 heavy (non-hydrogen) atoms. The first-order chi connectivity index (χ1) is 9.29. The summed E-state index contributed by atoms with van der Waals surface area (Å²) in [5.41, 5.74) is 6.93. The van der Waals surface area contributed by atoms with E-state index in [1.807, 2.05) is 0 Å². The first-order valence-corrected chi connectivity index (χ1v) is 7.87. The van der Waals surface area contributed by atoms with Gasteiger partial charge in [0.15, 0.2) is 0 Å². The number of nitrogens with one attached hydrogen (secondary N) is 1. The number of anilines is 2. The SMILES string of the molecule is Cc1cc(N)cc(S(=O)(=O)Nc2c(Cl)cccc2Cl)c1. The Morgan fingerprint density at radius 1 is 1.10 bits per heavy atom. The van der Waals surface area contributed by atoms with Gasteiger partial charge in [-0.25, -0.2) is 8.42 Å². The summed E-state index contributed by atoms with van der Waals surface area (Å²) in [5, 5.41) is 0.448. The van der Waals surface area contributed by atoms with Crippen LogP contribution in [0.4, 0.5) is 11.4 Å². The lowest BCUT2D eigenvalue weighted by atomic mass is 10.2. The highest BCUT2D eigenvalue weighted by atomic mass is 35.5. The molecule has 0 saturated carbocycles. The van der Waals surface area contributed by atoms with Gasteiger partial charge in [0.1, 0.15) is 0 Å². The van der Waals surface area contributed by atoms with Crippen molar-refractivity contribution in [3.05, 3.63) is 52.0 Å². The Morgan fingerprint density at radius 2 is 1.70 bits per heavy atom. The fourth-order valence-electron chi connectivity index (χ4n) is 1.72. The summed E-state index contributed by atoms with van der Waals surface area (Å²) in [4.78, 5) is 0.0611. The summed E-state index contributed by atoms with van der Waals surface area (Å²) in [6.45, 7) is 1.76. The van der Waals surface area contributed by atoms with Crippen molar-refractivity contribution in [1.29, 1.82) is 0 Å². The summed E-state index contributed by atoms with van der Waals surface area (Å²) >= 11 is 11.9. The zero-order chi connectivity index (χ0) is 14.9. The van der Waals surface area contributed by atoms with Crippen molar-refractivity contribution in [2.24, 2.45) is 0 Å². The molecule has 0 aliphatic heterocycles. The third-order valence-electron chi connectivity index (χ3n) is 2.58. The largest absolute Gasteiger partial charge is 0.399 e. The average Bonchev–Trinajstić information content (AvgIpc) is 2.33. The quantitative estimate of drug-likeness (QED) is 0.843. The third-order valence-corrected chi connectivity index (χ3v) is 4.54. The number of benzene rings is 2. The van der Waals surface area contributed by atoms with Crippen LogP contribution < -0.4 is 10.5 Å². The second-order valence-electron chi connectivity index (χ2n) is 4.28. The van der Waals surface area contributed by atoms with E-state index in [9.17, 15) is 8.42 Å². The van der Waals surface area contributed by atoms with E-state index in [-0.39, 0.29) is 20.6 Å². The molecule has 106 valence electrons. The number of nitrogen functional groups attached to an aromatic ring is 1. The van der Waals surface area contributed by atoms with E-state index in [1.165, 1.54) is 12.1 Å². The zero-order valence-corrected chi connectivity index (χ0v) is 12.9. The van der Waals surface area contributed by atoms with Crippen LogP contribution in [0.3, 0.4) is 0 Å². The van der Waals surface area contributed by atoms with Crippen molar-refractivity contribution in [3.8, 4) is 0 Å². The van der Waals surface area contributed by atoms with Crippen molar-refractivity contribution >= 4 is 44.6 Å². The van der Waals surface area contributed by atoms with Crippen LogP contribution in [0, 0.1) is 6.92 Å². The Bertz CT molecular complexity index is 720. The molecule has 0 bridgehead atoms. The van der Waals surface area contributed by atoms with Gasteiger partial charge in [0.05, 0.1) is 20.6 Å². The van der Waals surface area contributed by atoms with Crippen molar-refractivity contribution < 1.29 is 8.42 Å². The maximum atomic E-state index is 12.3. The highest BCUT2D eigenvalue weighted by Crippen LogP contribution is 2.32. The maximum Gasteiger partial charge on any atom is 0.262 e. The van der Waals surface area contributed by atoms with E-state index in [2.05, 4.69) is 4.72 Å². The molecule has 0 saturated heterocycles. The molecule has 0 amide bonds. The molecule has 0 aliphatic rings. The lowest BCUT2D eigenvalue weighted by Crippen LogP contribution is -2.14. The molecule has 0 aromatic heterocycles. The molecule has 2 aromatic carbocycles. The highest BCUT2D eigenvalue weighted by Gasteiger charge is 2.18. The van der Waals surface area contributed by atoms with E-state index < -0.39 is 10.0 Å². The Labute approximate surface area is 127 Å². The van der Waals surface area contributed by atoms with Gasteiger partial charge in [0, 0.05) is 5.69 Å². The van der Waals surface area contributed by atoms with E-state index in [0.29, 0.717) is 5.69 Å². The van der Waals surface area contributed by atoms with Crippen LogP contribution >= 0.6 is 23.2 Å². The minimum Gasteiger partial charge on any atom is -0.399 e. The Balaban J connectivity index is 2.46. The summed E-state index contributed by atoms with van der Waals surface area (Å²) in [7, 11) is -3.80. The van der Waals surface area contributed by atoms with Gasteiger partial charge in [-0.1, -0.05) is 29.3 Å². The van der Waals surface area contributed by atoms with Gasteiger partial charge in [-0.3, -0.25) is 4.72 Å². The number of hydrogen-bond donors (Lipinski definition) is 2. The van der Waals surface area contributed by atoms with Gasteiger partial charge in [-0.2, -0.15) is 0 Å². The van der Waals surface area contributed by atoms with Crippen LogP contribution in [0.25, 0.3) is 0 Å². The van der Waals surface area contributed by atoms with Crippen LogP contribution in [0.2, 0.25) is 10.0 Å². The van der Waals surface area contributed by atoms with Crippen molar-refractivity contribution in [2.75, 3.05) is 10.5 Å². The van der Waals surface area contributed by atoms with E-state index in [0.717, 1.165) is 5.56 Å². The monoisotopic (exact) mass is 330 g/mol. The number of rotatable bonds is 3. The number of para-hydroxylation sites is 1. The Hall–Kier alpha value is -1.43. The lowest BCUT2D eigenvalue weighted by molar-refractivity contribution is 0.601. The molecule has 0 spiro atoms. The molecule has 0 unspecified atom stereocenters. The highest BCUT2D eigenvalue weighted by molar-refractivity contribution is 7.92. The molecule has 3 N–H and O–H groups in total. The fraction of sp³-hybridized carbons (Fsp3) is 0.0769. The standard InChI is InChI=1S/C13H12Cl2N2O2S/c1-8-5-9(16)7-10(6-8)20(18,19)17-13-11(14)3-2-4-12(13)15/h2-7,17H,16H2,1H3. The number of aryl methyl sites for hydroxylation is 1. The number of sulfonamides is 1. The van der Waals surface area contributed by atoms with Gasteiger partial charge < -0.3 is 5.73 Å². The maximum absolute atomic E-state index is 12.3. The summed E-state index contributed by atoms with van der Waals surface area (Å²) in [6.07, 6.45) is 0. The van der Waals surface area contributed by atoms with Crippen LogP contribution in [0.5, 0.6) is 0 Å². The van der Waals surface area contributed by atoms with Crippen LogP contribution in [0.1, 0.15) is 5.56 Å². The van der Waals surface area contributed by atoms with E-state index in [4.69, 9.17) is 28.9 Å². The average molecular weight is 331 g/mol. The second-order valence-corrected chi connectivity index (χ2v) is 6.78. The van der Waals surface area contributed by atoms with Crippen LogP contribution in [-0.2, 0) is 10.0 Å². The molecule has 0 radical (unpaired) electrons. The first-order valence-electron chi connectivity index (χ1n) is 5.63. The van der Waals surface area contributed by atoms with E-state index >= 15 is 0 Å². The van der Waals surface area contributed by atoms with Crippen molar-refractivity contribution in [1.82, 2.24) is 0 Å². The molecule has 4 nitrogen and oxygen atoms in total. The molecule has 7 heteroatoms. The van der Waals surface area contributed by atoms with Gasteiger partial charge in [0.2, 0.25) is 0 Å². The van der Waals surface area contributed by atoms with Crippen LogP contribution in [-0.4, -0.2) is 8.42 Å². The topological polar surface area (TPSA) is 72.2 Å². The first kappa shape index (κ1) is 15.0. The molecule has 0 fully saturated rings. The Morgan fingerprint density at radius 3 is 2.25 bits per heavy atom. The molecular formula is C13H12Cl2N2O2S. The smallest absolute Gasteiger partial charge is 0.262 e. The summed E-state index contributed by atoms with van der Waals surface area (Å²) in [5.74, 6) is 0. The Kier molecular flexibility index (Phi) is 4.13. The predicted molar refractivity (Wildman–Crippen MR) is 82.9 cm³/mol. The fourth-order valence-corrected chi connectivity index (χ4v) is 3.56. The molecular weight excluding hydrogens is 319 g/mol. The second kappa shape index (κ2) is 5.52. The van der Waals surface area contributed by atoms with Gasteiger partial charge in [-0.15, -0.1) is 0 Å². The molecule has 2 aromatic rings. The van der Waals surface area contributed by atoms with Gasteiger partial charge in [-0.05, 0) is 42.8 Å². The summed E-state index contributed by atoms with van der Waals surface area (Å²) in [6, 6.07) is 9.31. The third kappa shape index (κ3) is 3.17. The van der Waals surface area contributed by atoms with Crippen molar-refractivity contribution in [3.63, 3.8) is 0 Å². The predicted octanol–water partition coefficient (Wildman–Crippen LogP) is 3.68. The van der Waals surface area contributed by atoms with Crippen LogP contribution in [0.15, 0.2) is 41.3 Å². The molecule has 0 atom stereocenters. The molecule has 0 heterocycles.